The maximum absolute atomic E-state index is 12.4. The van der Waals surface area contributed by atoms with Gasteiger partial charge in [0.15, 0.2) is 0 Å². The van der Waals surface area contributed by atoms with Gasteiger partial charge in [-0.1, -0.05) is 13.8 Å². The van der Waals surface area contributed by atoms with E-state index in [0.29, 0.717) is 5.75 Å². The Morgan fingerprint density at radius 3 is 2.25 bits per heavy atom. The number of amides is 2. The van der Waals surface area contributed by atoms with Gasteiger partial charge in [-0.3, -0.25) is 9.59 Å². The highest BCUT2D eigenvalue weighted by Crippen LogP contribution is 2.16. The predicted octanol–water partition coefficient (Wildman–Crippen LogP) is -0.0103. The van der Waals surface area contributed by atoms with Crippen LogP contribution in [0.4, 0.5) is 0 Å². The Bertz CT molecular complexity index is 671. The first kappa shape index (κ1) is 19.9. The van der Waals surface area contributed by atoms with Gasteiger partial charge in [-0.15, -0.1) is 0 Å². The Balaban J connectivity index is 2.93. The van der Waals surface area contributed by atoms with Crippen molar-refractivity contribution in [1.29, 1.82) is 0 Å². The van der Waals surface area contributed by atoms with E-state index in [1.54, 1.807) is 0 Å². The molecule has 0 radical (unpaired) electrons. The lowest BCUT2D eigenvalue weighted by atomic mass is 10.0. The summed E-state index contributed by atoms with van der Waals surface area (Å²) in [5.41, 5.74) is 4.98. The average molecular weight is 357 g/mol. The summed E-state index contributed by atoms with van der Waals surface area (Å²) in [6.45, 7) is 3.36. The SMILES string of the molecule is COc1ccc(S(=O)(=O)N[C@@H](CC(C)C)C(=O)NCC(N)=O)cc1. The molecule has 0 aliphatic heterocycles. The van der Waals surface area contributed by atoms with E-state index in [-0.39, 0.29) is 23.8 Å². The van der Waals surface area contributed by atoms with E-state index in [1.807, 2.05) is 13.8 Å². The molecule has 0 aliphatic carbocycles. The van der Waals surface area contributed by atoms with Gasteiger partial charge in [0.2, 0.25) is 21.8 Å². The van der Waals surface area contributed by atoms with E-state index in [1.165, 1.54) is 31.4 Å². The van der Waals surface area contributed by atoms with E-state index < -0.39 is 27.9 Å². The lowest BCUT2D eigenvalue weighted by Gasteiger charge is -2.20. The van der Waals surface area contributed by atoms with Gasteiger partial charge in [0, 0.05) is 0 Å². The number of nitrogens with two attached hydrogens (primary N) is 1. The standard InChI is InChI=1S/C15H23N3O5S/c1-10(2)8-13(15(20)17-9-14(16)19)18-24(21,22)12-6-4-11(23-3)5-7-12/h4-7,10,13,18H,8-9H2,1-3H3,(H2,16,19)(H,17,20)/t13-/m0/s1. The molecule has 0 aliphatic rings. The Kier molecular flexibility index (Phi) is 7.18. The van der Waals surface area contributed by atoms with Crippen LogP contribution < -0.4 is 20.5 Å². The number of sulfonamides is 1. The summed E-state index contributed by atoms with van der Waals surface area (Å²) in [5, 5.41) is 2.32. The number of hydrogen-bond acceptors (Lipinski definition) is 5. The third-order valence-corrected chi connectivity index (χ3v) is 4.62. The van der Waals surface area contributed by atoms with Gasteiger partial charge >= 0.3 is 0 Å². The van der Waals surface area contributed by atoms with Crippen molar-refractivity contribution in [2.75, 3.05) is 13.7 Å². The smallest absolute Gasteiger partial charge is 0.241 e. The predicted molar refractivity (Wildman–Crippen MR) is 88.8 cm³/mol. The fourth-order valence-electron chi connectivity index (χ4n) is 1.99. The lowest BCUT2D eigenvalue weighted by molar-refractivity contribution is -0.126. The number of methoxy groups -OCH3 is 1. The third-order valence-electron chi connectivity index (χ3n) is 3.13. The number of benzene rings is 1. The van der Waals surface area contributed by atoms with E-state index in [2.05, 4.69) is 10.0 Å². The van der Waals surface area contributed by atoms with E-state index in [4.69, 9.17) is 10.5 Å². The van der Waals surface area contributed by atoms with Gasteiger partial charge in [0.25, 0.3) is 0 Å². The molecular weight excluding hydrogens is 334 g/mol. The fourth-order valence-corrected chi connectivity index (χ4v) is 3.20. The number of carbonyl (C=O) groups excluding carboxylic acids is 2. The zero-order valence-electron chi connectivity index (χ0n) is 13.9. The van der Waals surface area contributed by atoms with E-state index in [9.17, 15) is 18.0 Å². The maximum atomic E-state index is 12.4. The number of carbonyl (C=O) groups is 2. The van der Waals surface area contributed by atoms with Crippen LogP contribution in [0, 0.1) is 5.92 Å². The summed E-state index contributed by atoms with van der Waals surface area (Å²) < 4.78 is 32.2. The number of hydrogen-bond donors (Lipinski definition) is 3. The molecule has 0 aromatic heterocycles. The number of primary amides is 1. The Morgan fingerprint density at radius 1 is 1.21 bits per heavy atom. The second-order valence-electron chi connectivity index (χ2n) is 5.66. The molecule has 1 aromatic carbocycles. The average Bonchev–Trinajstić information content (AvgIpc) is 2.51. The van der Waals surface area contributed by atoms with Crippen molar-refractivity contribution in [1.82, 2.24) is 10.0 Å². The molecule has 0 bridgehead atoms. The number of nitrogens with one attached hydrogen (secondary N) is 2. The zero-order chi connectivity index (χ0) is 18.3. The molecule has 0 saturated carbocycles. The summed E-state index contributed by atoms with van der Waals surface area (Å²) in [6.07, 6.45) is 0.278. The van der Waals surface area contributed by atoms with Crippen LogP contribution in [0.2, 0.25) is 0 Å². The minimum atomic E-state index is -3.90. The van der Waals surface area contributed by atoms with Gasteiger partial charge in [-0.2, -0.15) is 4.72 Å². The van der Waals surface area contributed by atoms with Crippen LogP contribution >= 0.6 is 0 Å². The molecular formula is C15H23N3O5S. The van der Waals surface area contributed by atoms with Crippen LogP contribution in [0.3, 0.4) is 0 Å². The second-order valence-corrected chi connectivity index (χ2v) is 7.38. The molecule has 1 rings (SSSR count). The number of rotatable bonds is 9. The van der Waals surface area contributed by atoms with Crippen LogP contribution in [0.5, 0.6) is 5.75 Å². The molecule has 1 aromatic rings. The van der Waals surface area contributed by atoms with Crippen molar-refractivity contribution < 1.29 is 22.7 Å². The van der Waals surface area contributed by atoms with E-state index >= 15 is 0 Å². The quantitative estimate of drug-likeness (QED) is 0.573. The van der Waals surface area contributed by atoms with Crippen molar-refractivity contribution in [2.45, 2.75) is 31.2 Å². The first-order valence-corrected chi connectivity index (χ1v) is 8.86. The van der Waals surface area contributed by atoms with Crippen LogP contribution in [0.15, 0.2) is 29.2 Å². The van der Waals surface area contributed by atoms with E-state index in [0.717, 1.165) is 0 Å². The molecule has 24 heavy (non-hydrogen) atoms. The lowest BCUT2D eigenvalue weighted by Crippen LogP contribution is -2.49. The highest BCUT2D eigenvalue weighted by Gasteiger charge is 2.26. The highest BCUT2D eigenvalue weighted by molar-refractivity contribution is 7.89. The molecule has 0 unspecified atom stereocenters. The van der Waals surface area contributed by atoms with Crippen molar-refractivity contribution in [3.05, 3.63) is 24.3 Å². The fraction of sp³-hybridized carbons (Fsp3) is 0.467. The molecule has 4 N–H and O–H groups in total. The molecule has 0 fully saturated rings. The van der Waals surface area contributed by atoms with Crippen molar-refractivity contribution in [3.8, 4) is 5.75 Å². The molecule has 9 heteroatoms. The topological polar surface area (TPSA) is 128 Å². The molecule has 134 valence electrons. The van der Waals surface area contributed by atoms with Crippen LogP contribution in [0.1, 0.15) is 20.3 Å². The van der Waals surface area contributed by atoms with Crippen LogP contribution in [-0.2, 0) is 19.6 Å². The van der Waals surface area contributed by atoms with Crippen molar-refractivity contribution >= 4 is 21.8 Å². The first-order chi connectivity index (χ1) is 11.2. The highest BCUT2D eigenvalue weighted by atomic mass is 32.2. The Hall–Kier alpha value is -2.13. The van der Waals surface area contributed by atoms with Crippen molar-refractivity contribution in [3.63, 3.8) is 0 Å². The minimum absolute atomic E-state index is 0.0137. The molecule has 0 spiro atoms. The minimum Gasteiger partial charge on any atom is -0.497 e. The van der Waals surface area contributed by atoms with Gasteiger partial charge in [-0.05, 0) is 36.6 Å². The molecule has 1 atom stereocenters. The summed E-state index contributed by atoms with van der Waals surface area (Å²) in [5.74, 6) is -0.718. The molecule has 0 heterocycles. The summed E-state index contributed by atoms with van der Waals surface area (Å²) in [6, 6.07) is 4.79. The Labute approximate surface area is 141 Å². The van der Waals surface area contributed by atoms with Crippen LogP contribution in [0.25, 0.3) is 0 Å². The summed E-state index contributed by atoms with van der Waals surface area (Å²) in [4.78, 5) is 22.9. The summed E-state index contributed by atoms with van der Waals surface area (Å²) in [7, 11) is -2.42. The van der Waals surface area contributed by atoms with Gasteiger partial charge in [0.05, 0.1) is 18.6 Å². The molecule has 2 amide bonds. The molecule has 8 nitrogen and oxygen atoms in total. The van der Waals surface area contributed by atoms with Gasteiger partial charge in [0.1, 0.15) is 11.8 Å². The number of ether oxygens (including phenoxy) is 1. The third kappa shape index (κ3) is 6.17. The normalized spacial score (nSPS) is 12.7. The zero-order valence-corrected chi connectivity index (χ0v) is 14.7. The summed E-state index contributed by atoms with van der Waals surface area (Å²) >= 11 is 0. The first-order valence-electron chi connectivity index (χ1n) is 7.38. The largest absolute Gasteiger partial charge is 0.497 e. The van der Waals surface area contributed by atoms with Crippen LogP contribution in [-0.4, -0.2) is 39.9 Å². The monoisotopic (exact) mass is 357 g/mol. The van der Waals surface area contributed by atoms with Gasteiger partial charge in [-0.25, -0.2) is 8.42 Å². The Morgan fingerprint density at radius 2 is 1.79 bits per heavy atom. The maximum Gasteiger partial charge on any atom is 0.241 e. The molecule has 0 saturated heterocycles. The second kappa shape index (κ2) is 8.65. The van der Waals surface area contributed by atoms with Gasteiger partial charge < -0.3 is 15.8 Å². The van der Waals surface area contributed by atoms with Crippen molar-refractivity contribution in [2.24, 2.45) is 11.7 Å².